The fourth-order valence-electron chi connectivity index (χ4n) is 1.04. The zero-order valence-electron chi connectivity index (χ0n) is 6.16. The lowest BCUT2D eigenvalue weighted by atomic mass is 10.1. The van der Waals surface area contributed by atoms with Gasteiger partial charge < -0.3 is 4.74 Å². The molecule has 0 radical (unpaired) electrons. The van der Waals surface area contributed by atoms with Crippen molar-refractivity contribution in [3.05, 3.63) is 0 Å². The molecule has 0 unspecified atom stereocenters. The summed E-state index contributed by atoms with van der Waals surface area (Å²) < 4.78 is 27.3. The molecule has 0 aromatic heterocycles. The molecule has 1 fully saturated rings. The molecule has 11 heavy (non-hydrogen) atoms. The molecule has 0 amide bonds. The van der Waals surface area contributed by atoms with Crippen molar-refractivity contribution in [2.45, 2.75) is 0 Å². The van der Waals surface area contributed by atoms with Crippen LogP contribution in [-0.2, 0) is 14.0 Å². The number of hydrogen-bond donors (Lipinski definition) is 0. The Hall–Kier alpha value is 0.160. The monoisotopic (exact) mass is 199 g/mol. The van der Waals surface area contributed by atoms with Gasteiger partial charge in [-0.15, -0.1) is 0 Å². The average molecular weight is 200 g/mol. The minimum atomic E-state index is -3.47. The van der Waals surface area contributed by atoms with Gasteiger partial charge in [0.2, 0.25) is 0 Å². The average Bonchev–Trinajstić information content (AvgIpc) is 1.74. The molecule has 0 N–H and O–H groups in total. The molecule has 4 nitrogen and oxygen atoms in total. The molecule has 1 aliphatic heterocycles. The van der Waals surface area contributed by atoms with E-state index < -0.39 is 9.24 Å². The number of rotatable bonds is 3. The first-order chi connectivity index (χ1) is 5.04. The summed E-state index contributed by atoms with van der Waals surface area (Å²) in [4.78, 5) is 0. The highest BCUT2D eigenvalue weighted by molar-refractivity contribution is 8.11. The molecule has 6 heteroatoms. The maximum atomic E-state index is 10.6. The highest BCUT2D eigenvalue weighted by Gasteiger charge is 2.34. The highest BCUT2D eigenvalue weighted by atomic mass is 35.7. The highest BCUT2D eigenvalue weighted by Crippen LogP contribution is 2.21. The fraction of sp³-hybridized carbons (Fsp3) is 1.00. The van der Waals surface area contributed by atoms with Gasteiger partial charge >= 0.3 is 0 Å². The molecule has 1 heterocycles. The topological polar surface area (TPSA) is 46.6 Å². The Bertz CT molecular complexity index is 222. The summed E-state index contributed by atoms with van der Waals surface area (Å²) in [6.45, 7) is 1.57. The van der Waals surface area contributed by atoms with Crippen molar-refractivity contribution in [2.75, 3.05) is 26.8 Å². The van der Waals surface area contributed by atoms with E-state index in [4.69, 9.17) is 15.4 Å². The van der Waals surface area contributed by atoms with Gasteiger partial charge in [-0.05, 0) is 0 Å². The van der Waals surface area contributed by atoms with Gasteiger partial charge in [0.05, 0.1) is 6.61 Å². The van der Waals surface area contributed by atoms with Crippen LogP contribution in [0.15, 0.2) is 0 Å². The van der Waals surface area contributed by atoms with E-state index in [-0.39, 0.29) is 0 Å². The van der Waals surface area contributed by atoms with E-state index in [1.54, 1.807) is 7.11 Å². The van der Waals surface area contributed by atoms with Crippen molar-refractivity contribution in [2.24, 2.45) is 5.92 Å². The molecule has 0 aromatic rings. The molecule has 0 atom stereocenters. The van der Waals surface area contributed by atoms with E-state index in [9.17, 15) is 8.42 Å². The van der Waals surface area contributed by atoms with Gasteiger partial charge in [-0.1, -0.05) is 0 Å². The van der Waals surface area contributed by atoms with Crippen LogP contribution in [0.1, 0.15) is 0 Å². The van der Waals surface area contributed by atoms with Gasteiger partial charge in [0.1, 0.15) is 0 Å². The third-order valence-corrected chi connectivity index (χ3v) is 3.13. The minimum Gasteiger partial charge on any atom is -0.384 e. The van der Waals surface area contributed by atoms with Crippen LogP contribution in [0.2, 0.25) is 0 Å². The molecule has 1 rings (SSSR count). The first-order valence-electron chi connectivity index (χ1n) is 3.22. The van der Waals surface area contributed by atoms with E-state index in [0.717, 1.165) is 0 Å². The second-order valence-electron chi connectivity index (χ2n) is 2.58. The first kappa shape index (κ1) is 9.25. The van der Waals surface area contributed by atoms with Crippen molar-refractivity contribution < 1.29 is 13.2 Å². The van der Waals surface area contributed by atoms with Crippen molar-refractivity contribution >= 4 is 19.9 Å². The predicted molar refractivity (Wildman–Crippen MR) is 41.7 cm³/mol. The SMILES string of the molecule is COCC1CN(S(=O)(=O)Cl)C1. The van der Waals surface area contributed by atoms with Crippen molar-refractivity contribution in [1.82, 2.24) is 4.31 Å². The summed E-state index contributed by atoms with van der Waals surface area (Å²) in [7, 11) is 3.19. The molecule has 0 bridgehead atoms. The maximum Gasteiger partial charge on any atom is 0.299 e. The van der Waals surface area contributed by atoms with Crippen LogP contribution in [-0.4, -0.2) is 39.5 Å². The van der Waals surface area contributed by atoms with Crippen LogP contribution in [0.25, 0.3) is 0 Å². The molecule has 66 valence electrons. The Morgan fingerprint density at radius 2 is 2.18 bits per heavy atom. The largest absolute Gasteiger partial charge is 0.384 e. The maximum absolute atomic E-state index is 10.6. The standard InChI is InChI=1S/C5H10ClNO3S/c1-10-4-5-2-7(3-5)11(6,8)9/h5H,2-4H2,1H3. The van der Waals surface area contributed by atoms with Crippen LogP contribution in [0.4, 0.5) is 0 Å². The zero-order valence-corrected chi connectivity index (χ0v) is 7.73. The van der Waals surface area contributed by atoms with Crippen molar-refractivity contribution in [3.8, 4) is 0 Å². The lowest BCUT2D eigenvalue weighted by molar-refractivity contribution is 0.0834. The van der Waals surface area contributed by atoms with Crippen LogP contribution in [0, 0.1) is 5.92 Å². The first-order valence-corrected chi connectivity index (χ1v) is 5.49. The van der Waals surface area contributed by atoms with Gasteiger partial charge in [-0.25, -0.2) is 0 Å². The molecule has 0 aromatic carbocycles. The number of halogens is 1. The summed E-state index contributed by atoms with van der Waals surface area (Å²) in [5, 5.41) is 0. The van der Waals surface area contributed by atoms with E-state index in [1.807, 2.05) is 0 Å². The molecular weight excluding hydrogens is 190 g/mol. The molecule has 1 saturated heterocycles. The van der Waals surface area contributed by atoms with Crippen LogP contribution in [0.5, 0.6) is 0 Å². The zero-order chi connectivity index (χ0) is 8.48. The predicted octanol–water partition coefficient (Wildman–Crippen LogP) is 0.0482. The van der Waals surface area contributed by atoms with Crippen LogP contribution < -0.4 is 0 Å². The van der Waals surface area contributed by atoms with Gasteiger partial charge in [0, 0.05) is 36.8 Å². The number of nitrogens with zero attached hydrogens (tertiary/aromatic N) is 1. The number of hydrogen-bond acceptors (Lipinski definition) is 3. The Kier molecular flexibility index (Phi) is 2.74. The van der Waals surface area contributed by atoms with E-state index in [2.05, 4.69) is 0 Å². The lowest BCUT2D eigenvalue weighted by Gasteiger charge is -2.35. The smallest absolute Gasteiger partial charge is 0.299 e. The van der Waals surface area contributed by atoms with Gasteiger partial charge in [-0.3, -0.25) is 0 Å². The molecule has 0 aliphatic carbocycles. The Labute approximate surface area is 70.6 Å². The second kappa shape index (κ2) is 3.26. The Morgan fingerprint density at radius 1 is 1.64 bits per heavy atom. The summed E-state index contributed by atoms with van der Waals surface area (Å²) in [6, 6.07) is 0. The van der Waals surface area contributed by atoms with Crippen molar-refractivity contribution in [1.29, 1.82) is 0 Å². The third-order valence-electron chi connectivity index (χ3n) is 1.63. The quantitative estimate of drug-likeness (QED) is 0.604. The second-order valence-corrected chi connectivity index (χ2v) is 5.09. The summed E-state index contributed by atoms with van der Waals surface area (Å²) in [6.07, 6.45) is 0. The Morgan fingerprint density at radius 3 is 2.55 bits per heavy atom. The van der Waals surface area contributed by atoms with Crippen molar-refractivity contribution in [3.63, 3.8) is 0 Å². The molecule has 1 aliphatic rings. The number of ether oxygens (including phenoxy) is 1. The molecule has 0 saturated carbocycles. The van der Waals surface area contributed by atoms with E-state index >= 15 is 0 Å². The Balaban J connectivity index is 2.30. The van der Waals surface area contributed by atoms with Gasteiger partial charge in [0.25, 0.3) is 9.24 Å². The summed E-state index contributed by atoms with van der Waals surface area (Å²) in [5.41, 5.74) is 0. The number of methoxy groups -OCH3 is 1. The minimum absolute atomic E-state index is 0.313. The van der Waals surface area contributed by atoms with E-state index in [1.165, 1.54) is 4.31 Å². The molecule has 0 spiro atoms. The fourth-order valence-corrected chi connectivity index (χ4v) is 2.16. The lowest BCUT2D eigenvalue weighted by Crippen LogP contribution is -2.49. The summed E-state index contributed by atoms with van der Waals surface area (Å²) in [5.74, 6) is 0.313. The van der Waals surface area contributed by atoms with Crippen LogP contribution >= 0.6 is 10.7 Å². The van der Waals surface area contributed by atoms with Crippen LogP contribution in [0.3, 0.4) is 0 Å². The van der Waals surface area contributed by atoms with Gasteiger partial charge in [0.15, 0.2) is 0 Å². The third kappa shape index (κ3) is 2.30. The molecular formula is C5H10ClNO3S. The summed E-state index contributed by atoms with van der Waals surface area (Å²) >= 11 is 0. The van der Waals surface area contributed by atoms with E-state index in [0.29, 0.717) is 25.6 Å². The van der Waals surface area contributed by atoms with Gasteiger partial charge in [-0.2, -0.15) is 12.7 Å². The normalized spacial score (nSPS) is 21.6.